The summed E-state index contributed by atoms with van der Waals surface area (Å²) < 4.78 is 1.90. The van der Waals surface area contributed by atoms with Gasteiger partial charge in [0.2, 0.25) is 11.8 Å². The van der Waals surface area contributed by atoms with Crippen LogP contribution in [0.5, 0.6) is 0 Å². The first-order valence-corrected chi connectivity index (χ1v) is 11.2. The highest BCUT2D eigenvalue weighted by Crippen LogP contribution is 2.20. The molecular weight excluding hydrogens is 386 g/mol. The number of hydrogen-bond donors (Lipinski definition) is 2. The lowest BCUT2D eigenvalue weighted by atomic mass is 9.95. The van der Waals surface area contributed by atoms with Gasteiger partial charge in [-0.05, 0) is 38.3 Å². The lowest BCUT2D eigenvalue weighted by Crippen LogP contribution is -2.37. The molecule has 0 unspecified atom stereocenters. The molecule has 0 spiro atoms. The molecule has 2 N–H and O–H groups in total. The van der Waals surface area contributed by atoms with Gasteiger partial charge in [0.25, 0.3) is 0 Å². The largest absolute Gasteiger partial charge is 0.353 e. The van der Waals surface area contributed by atoms with Gasteiger partial charge in [-0.15, -0.1) is 10.2 Å². The first-order valence-electron chi connectivity index (χ1n) is 10.3. The molecule has 29 heavy (non-hydrogen) atoms. The van der Waals surface area contributed by atoms with Crippen LogP contribution >= 0.6 is 11.8 Å². The maximum Gasteiger partial charge on any atom is 0.232 e. The minimum absolute atomic E-state index is 0.0337. The summed E-state index contributed by atoms with van der Waals surface area (Å²) in [5.41, 5.74) is 1.81. The van der Waals surface area contributed by atoms with Crippen molar-refractivity contribution in [3.8, 4) is 0 Å². The molecule has 7 nitrogen and oxygen atoms in total. The predicted molar refractivity (Wildman–Crippen MR) is 115 cm³/mol. The van der Waals surface area contributed by atoms with Crippen molar-refractivity contribution in [3.63, 3.8) is 0 Å². The van der Waals surface area contributed by atoms with Crippen LogP contribution in [-0.2, 0) is 22.6 Å². The third-order valence-electron chi connectivity index (χ3n) is 5.15. The van der Waals surface area contributed by atoms with E-state index in [0.717, 1.165) is 24.1 Å². The van der Waals surface area contributed by atoms with Crippen molar-refractivity contribution in [3.05, 3.63) is 35.7 Å². The topological polar surface area (TPSA) is 88.9 Å². The maximum atomic E-state index is 12.4. The highest BCUT2D eigenvalue weighted by atomic mass is 32.2. The number of nitrogens with one attached hydrogen (secondary N) is 2. The van der Waals surface area contributed by atoms with Crippen LogP contribution in [0.15, 0.2) is 29.4 Å². The molecule has 0 saturated heterocycles. The molecule has 1 fully saturated rings. The molecule has 1 aromatic carbocycles. The molecule has 8 heteroatoms. The van der Waals surface area contributed by atoms with E-state index in [1.807, 2.05) is 42.7 Å². The van der Waals surface area contributed by atoms with Crippen LogP contribution in [0, 0.1) is 6.92 Å². The number of carbonyl (C=O) groups is 2. The van der Waals surface area contributed by atoms with Crippen molar-refractivity contribution in [2.75, 3.05) is 11.1 Å². The number of aryl methyl sites for hydroxylation is 1. The van der Waals surface area contributed by atoms with E-state index in [2.05, 4.69) is 20.8 Å². The molecule has 1 aliphatic rings. The van der Waals surface area contributed by atoms with Gasteiger partial charge in [-0.25, -0.2) is 0 Å². The Bertz CT molecular complexity index is 845. The molecule has 1 saturated carbocycles. The van der Waals surface area contributed by atoms with Crippen molar-refractivity contribution in [2.24, 2.45) is 0 Å². The van der Waals surface area contributed by atoms with Crippen molar-refractivity contribution in [1.82, 2.24) is 20.1 Å². The fourth-order valence-corrected chi connectivity index (χ4v) is 4.40. The Balaban J connectivity index is 1.54. The Morgan fingerprint density at radius 3 is 2.62 bits per heavy atom. The first-order chi connectivity index (χ1) is 14.1. The van der Waals surface area contributed by atoms with Crippen LogP contribution in [0.25, 0.3) is 0 Å². The zero-order valence-electron chi connectivity index (χ0n) is 17.1. The van der Waals surface area contributed by atoms with E-state index in [-0.39, 0.29) is 18.2 Å². The number of nitrogens with zero attached hydrogens (tertiary/aromatic N) is 3. The van der Waals surface area contributed by atoms with Gasteiger partial charge in [0, 0.05) is 18.3 Å². The van der Waals surface area contributed by atoms with E-state index < -0.39 is 0 Å². The minimum Gasteiger partial charge on any atom is -0.353 e. The number of rotatable bonds is 8. The van der Waals surface area contributed by atoms with Crippen molar-refractivity contribution in [1.29, 1.82) is 0 Å². The smallest absolute Gasteiger partial charge is 0.232 e. The normalized spacial score (nSPS) is 14.6. The van der Waals surface area contributed by atoms with Gasteiger partial charge in [0.1, 0.15) is 5.82 Å². The molecular formula is C21H29N5O2S. The summed E-state index contributed by atoms with van der Waals surface area (Å²) in [6.07, 6.45) is 5.93. The Hall–Kier alpha value is -2.35. The quantitative estimate of drug-likeness (QED) is 0.646. The Labute approximate surface area is 176 Å². The predicted octanol–water partition coefficient (Wildman–Crippen LogP) is 3.33. The third-order valence-corrected chi connectivity index (χ3v) is 6.12. The zero-order chi connectivity index (χ0) is 20.6. The fraction of sp³-hybridized carbons (Fsp3) is 0.524. The summed E-state index contributed by atoms with van der Waals surface area (Å²) in [4.78, 5) is 24.7. The van der Waals surface area contributed by atoms with Gasteiger partial charge in [0.15, 0.2) is 5.16 Å². The number of hydrogen-bond acceptors (Lipinski definition) is 5. The van der Waals surface area contributed by atoms with Gasteiger partial charge in [-0.3, -0.25) is 9.59 Å². The summed E-state index contributed by atoms with van der Waals surface area (Å²) in [5.74, 6) is 0.817. The van der Waals surface area contributed by atoms with E-state index in [9.17, 15) is 9.59 Å². The zero-order valence-corrected chi connectivity index (χ0v) is 17.9. The van der Waals surface area contributed by atoms with Crippen molar-refractivity contribution in [2.45, 2.75) is 70.1 Å². The number of thioether (sulfide) groups is 1. The lowest BCUT2D eigenvalue weighted by Gasteiger charge is -2.22. The average molecular weight is 416 g/mol. The van der Waals surface area contributed by atoms with Crippen LogP contribution in [-0.4, -0.2) is 38.4 Å². The number of aromatic nitrogens is 3. The van der Waals surface area contributed by atoms with E-state index in [0.29, 0.717) is 29.3 Å². The molecule has 1 aliphatic carbocycles. The molecule has 3 rings (SSSR count). The van der Waals surface area contributed by atoms with Gasteiger partial charge >= 0.3 is 0 Å². The second kappa shape index (κ2) is 10.4. The Morgan fingerprint density at radius 2 is 1.90 bits per heavy atom. The van der Waals surface area contributed by atoms with E-state index in [1.165, 1.54) is 31.0 Å². The van der Waals surface area contributed by atoms with Crippen molar-refractivity contribution < 1.29 is 9.59 Å². The van der Waals surface area contributed by atoms with Gasteiger partial charge in [-0.2, -0.15) is 0 Å². The fourth-order valence-electron chi connectivity index (χ4n) is 3.57. The summed E-state index contributed by atoms with van der Waals surface area (Å²) >= 11 is 1.37. The number of carbonyl (C=O) groups excluding carboxylic acids is 2. The van der Waals surface area contributed by atoms with Crippen molar-refractivity contribution >= 4 is 29.3 Å². The van der Waals surface area contributed by atoms with Gasteiger partial charge in [0.05, 0.1) is 12.2 Å². The van der Waals surface area contributed by atoms with E-state index in [1.54, 1.807) is 0 Å². The monoisotopic (exact) mass is 415 g/mol. The second-order valence-electron chi connectivity index (χ2n) is 7.37. The lowest BCUT2D eigenvalue weighted by molar-refractivity contribution is -0.119. The van der Waals surface area contributed by atoms with E-state index in [4.69, 9.17) is 0 Å². The highest BCUT2D eigenvalue weighted by molar-refractivity contribution is 7.99. The summed E-state index contributed by atoms with van der Waals surface area (Å²) in [6, 6.07) is 7.97. The number of benzene rings is 1. The molecule has 0 radical (unpaired) electrons. The molecule has 0 atom stereocenters. The maximum absolute atomic E-state index is 12.4. The van der Waals surface area contributed by atoms with Gasteiger partial charge < -0.3 is 15.2 Å². The molecule has 1 heterocycles. The average Bonchev–Trinajstić information content (AvgIpc) is 3.10. The van der Waals surface area contributed by atoms with Crippen LogP contribution in [0.4, 0.5) is 5.69 Å². The van der Waals surface area contributed by atoms with Crippen LogP contribution in [0.1, 0.15) is 50.4 Å². The summed E-state index contributed by atoms with van der Waals surface area (Å²) in [6.45, 7) is 4.59. The van der Waals surface area contributed by atoms with Crippen LogP contribution in [0.3, 0.4) is 0 Å². The Morgan fingerprint density at radius 1 is 1.14 bits per heavy atom. The van der Waals surface area contributed by atoms with E-state index >= 15 is 0 Å². The molecule has 2 amide bonds. The molecule has 2 aromatic rings. The Kier molecular flexibility index (Phi) is 7.69. The number of para-hydroxylation sites is 1. The SMILES string of the molecule is CCn1c(CC(=O)Nc2ccccc2C)nnc1SCC(=O)NC1CCCCC1. The molecule has 1 aromatic heterocycles. The number of amides is 2. The molecule has 156 valence electrons. The molecule has 0 bridgehead atoms. The van der Waals surface area contributed by atoms with Crippen LogP contribution < -0.4 is 10.6 Å². The highest BCUT2D eigenvalue weighted by Gasteiger charge is 2.18. The molecule has 0 aliphatic heterocycles. The van der Waals surface area contributed by atoms with Crippen LogP contribution in [0.2, 0.25) is 0 Å². The first kappa shape index (κ1) is 21.4. The second-order valence-corrected chi connectivity index (χ2v) is 8.32. The van der Waals surface area contributed by atoms with Gasteiger partial charge in [-0.1, -0.05) is 49.2 Å². The number of anilines is 1. The summed E-state index contributed by atoms with van der Waals surface area (Å²) in [7, 11) is 0. The summed E-state index contributed by atoms with van der Waals surface area (Å²) in [5, 5.41) is 15.1. The minimum atomic E-state index is -0.131. The third kappa shape index (κ3) is 6.06. The standard InChI is InChI=1S/C21H29N5O2S/c1-3-26-18(13-19(27)23-17-12-8-7-9-15(17)2)24-25-21(26)29-14-20(28)22-16-10-5-4-6-11-16/h7-9,12,16H,3-6,10-11,13-14H2,1-2H3,(H,22,28)(H,23,27).